The second-order valence-corrected chi connectivity index (χ2v) is 3.06. The van der Waals surface area contributed by atoms with Crippen LogP contribution >= 0.6 is 0 Å². The fourth-order valence-corrected chi connectivity index (χ4v) is 0.448. The Morgan fingerprint density at radius 2 is 1.75 bits per heavy atom. The van der Waals surface area contributed by atoms with Crippen LogP contribution in [0.1, 0.15) is 20.8 Å². The van der Waals surface area contributed by atoms with Crippen molar-refractivity contribution >= 4 is 0 Å². The SMILES string of the molecule is CC(C)(C)[C@@H]1[CH-]O1.[Li+]. The average Bonchev–Trinajstić information content (AvgIpc) is 1.99. The van der Waals surface area contributed by atoms with E-state index in [1.807, 2.05) is 6.61 Å². The van der Waals surface area contributed by atoms with E-state index >= 15 is 0 Å². The third kappa shape index (κ3) is 2.22. The van der Waals surface area contributed by atoms with Gasteiger partial charge in [-0.3, -0.25) is 0 Å². The van der Waals surface area contributed by atoms with Crippen molar-refractivity contribution < 1.29 is 23.6 Å². The molecule has 0 aromatic carbocycles. The Morgan fingerprint density at radius 3 is 1.75 bits per heavy atom. The molecule has 0 radical (unpaired) electrons. The molecule has 0 aromatic heterocycles. The predicted molar refractivity (Wildman–Crippen MR) is 28.6 cm³/mol. The van der Waals surface area contributed by atoms with Gasteiger partial charge >= 0.3 is 18.9 Å². The van der Waals surface area contributed by atoms with Crippen molar-refractivity contribution in [3.05, 3.63) is 6.61 Å². The quantitative estimate of drug-likeness (QED) is 0.210. The molecule has 1 saturated heterocycles. The summed E-state index contributed by atoms with van der Waals surface area (Å²) in [5, 5.41) is 0. The third-order valence-electron chi connectivity index (χ3n) is 1.13. The number of hydrogen-bond donors (Lipinski definition) is 0. The first kappa shape index (κ1) is 8.56. The molecule has 2 heteroatoms. The largest absolute Gasteiger partial charge is 1.00 e. The Hall–Kier alpha value is 0.557. The molecule has 0 amide bonds. The van der Waals surface area contributed by atoms with Crippen molar-refractivity contribution in [2.75, 3.05) is 0 Å². The molecule has 0 aliphatic carbocycles. The van der Waals surface area contributed by atoms with Crippen molar-refractivity contribution in [3.63, 3.8) is 0 Å². The van der Waals surface area contributed by atoms with Crippen LogP contribution in [-0.2, 0) is 4.74 Å². The van der Waals surface area contributed by atoms with Crippen molar-refractivity contribution in [2.24, 2.45) is 5.41 Å². The van der Waals surface area contributed by atoms with Gasteiger partial charge in [0.25, 0.3) is 0 Å². The summed E-state index contributed by atoms with van der Waals surface area (Å²) in [6, 6.07) is 0. The summed E-state index contributed by atoms with van der Waals surface area (Å²) in [5.74, 6) is 0. The third-order valence-corrected chi connectivity index (χ3v) is 1.13. The minimum Gasteiger partial charge on any atom is -0.570 e. The van der Waals surface area contributed by atoms with E-state index in [2.05, 4.69) is 20.8 Å². The summed E-state index contributed by atoms with van der Waals surface area (Å²) < 4.78 is 4.95. The normalized spacial score (nSPS) is 26.6. The molecule has 0 saturated carbocycles. The Labute approximate surface area is 63.0 Å². The summed E-state index contributed by atoms with van der Waals surface area (Å²) in [6.07, 6.45) is 0.424. The first-order chi connectivity index (χ1) is 3.11. The molecular weight excluding hydrogens is 95.0 g/mol. The molecule has 0 N–H and O–H groups in total. The standard InChI is InChI=1S/C6H11O.Li/c1-6(2,3)5-4-7-5;/h4-5H,1-3H3;/q-1;+1/t5-;/m0./s1. The van der Waals surface area contributed by atoms with Gasteiger partial charge in [0, 0.05) is 0 Å². The zero-order valence-electron chi connectivity index (χ0n) is 6.06. The first-order valence-corrected chi connectivity index (χ1v) is 2.59. The summed E-state index contributed by atoms with van der Waals surface area (Å²) in [7, 11) is 0. The zero-order valence-corrected chi connectivity index (χ0v) is 6.06. The van der Waals surface area contributed by atoms with Crippen LogP contribution in [0.25, 0.3) is 0 Å². The Bertz CT molecular complexity index is 71.1. The maximum absolute atomic E-state index is 4.95. The Balaban J connectivity index is 0.000000490. The maximum atomic E-state index is 4.95. The molecule has 1 aliphatic rings. The number of hydrogen-bond acceptors (Lipinski definition) is 1. The maximum Gasteiger partial charge on any atom is 1.00 e. The van der Waals surface area contributed by atoms with Gasteiger partial charge in [-0.2, -0.15) is 6.61 Å². The Morgan fingerprint density at radius 1 is 1.38 bits per heavy atom. The van der Waals surface area contributed by atoms with Gasteiger partial charge in [-0.25, -0.2) is 0 Å². The molecule has 1 aliphatic heterocycles. The summed E-state index contributed by atoms with van der Waals surface area (Å²) in [6.45, 7) is 8.38. The fourth-order valence-electron chi connectivity index (χ4n) is 0.448. The van der Waals surface area contributed by atoms with Crippen molar-refractivity contribution in [3.8, 4) is 0 Å². The summed E-state index contributed by atoms with van der Waals surface area (Å²) in [4.78, 5) is 0. The smallest absolute Gasteiger partial charge is 0.570 e. The van der Waals surface area contributed by atoms with Gasteiger partial charge in [0.1, 0.15) is 0 Å². The van der Waals surface area contributed by atoms with Crippen LogP contribution in [0, 0.1) is 12.0 Å². The minimum atomic E-state index is 0. The van der Waals surface area contributed by atoms with Crippen LogP contribution in [0.2, 0.25) is 0 Å². The molecule has 0 bridgehead atoms. The summed E-state index contributed by atoms with van der Waals surface area (Å²) in [5.41, 5.74) is 0.333. The van der Waals surface area contributed by atoms with E-state index in [4.69, 9.17) is 4.74 Å². The fraction of sp³-hybridized carbons (Fsp3) is 0.833. The van der Waals surface area contributed by atoms with E-state index in [0.717, 1.165) is 0 Å². The van der Waals surface area contributed by atoms with Crippen LogP contribution in [0.15, 0.2) is 0 Å². The molecule has 0 spiro atoms. The topological polar surface area (TPSA) is 12.5 Å². The van der Waals surface area contributed by atoms with E-state index in [-0.39, 0.29) is 18.9 Å². The van der Waals surface area contributed by atoms with Crippen LogP contribution in [0.5, 0.6) is 0 Å². The number of rotatable bonds is 0. The molecular formula is C6H11LiO. The van der Waals surface area contributed by atoms with Crippen molar-refractivity contribution in [1.82, 2.24) is 0 Å². The second-order valence-electron chi connectivity index (χ2n) is 3.06. The van der Waals surface area contributed by atoms with E-state index < -0.39 is 0 Å². The average molecular weight is 106 g/mol. The van der Waals surface area contributed by atoms with Gasteiger partial charge in [-0.05, 0) is 5.41 Å². The zero-order chi connectivity index (χ0) is 5.49. The molecule has 1 rings (SSSR count). The van der Waals surface area contributed by atoms with E-state index in [9.17, 15) is 0 Å². The van der Waals surface area contributed by atoms with Gasteiger partial charge < -0.3 is 4.74 Å². The van der Waals surface area contributed by atoms with Crippen LogP contribution in [0.3, 0.4) is 0 Å². The van der Waals surface area contributed by atoms with Gasteiger partial charge in [0.2, 0.25) is 0 Å². The number of ether oxygens (including phenoxy) is 1. The minimum absolute atomic E-state index is 0. The first-order valence-electron chi connectivity index (χ1n) is 2.59. The van der Waals surface area contributed by atoms with Gasteiger partial charge in [-0.15, -0.1) is 0 Å². The van der Waals surface area contributed by atoms with E-state index in [1.165, 1.54) is 0 Å². The molecule has 8 heavy (non-hydrogen) atoms. The van der Waals surface area contributed by atoms with Crippen LogP contribution < -0.4 is 18.9 Å². The van der Waals surface area contributed by atoms with Crippen LogP contribution in [-0.4, -0.2) is 6.10 Å². The van der Waals surface area contributed by atoms with Gasteiger partial charge in [0.05, 0.1) is 0 Å². The van der Waals surface area contributed by atoms with Crippen molar-refractivity contribution in [2.45, 2.75) is 26.9 Å². The van der Waals surface area contributed by atoms with Crippen LogP contribution in [0.4, 0.5) is 0 Å². The number of epoxide rings is 1. The second kappa shape index (κ2) is 2.43. The van der Waals surface area contributed by atoms with Gasteiger partial charge in [-0.1, -0.05) is 26.9 Å². The molecule has 42 valence electrons. The predicted octanol–water partition coefficient (Wildman–Crippen LogP) is -1.40. The molecule has 0 unspecified atom stereocenters. The van der Waals surface area contributed by atoms with Gasteiger partial charge in [0.15, 0.2) is 0 Å². The monoisotopic (exact) mass is 106 g/mol. The van der Waals surface area contributed by atoms with E-state index in [1.54, 1.807) is 0 Å². The molecule has 1 nitrogen and oxygen atoms in total. The Kier molecular flexibility index (Phi) is 2.60. The van der Waals surface area contributed by atoms with Crippen molar-refractivity contribution in [1.29, 1.82) is 0 Å². The summed E-state index contributed by atoms with van der Waals surface area (Å²) >= 11 is 0. The molecule has 1 fully saturated rings. The molecule has 1 atom stereocenters. The molecule has 0 aromatic rings. The molecule has 1 heterocycles. The van der Waals surface area contributed by atoms with E-state index in [0.29, 0.717) is 11.5 Å².